The third-order valence-electron chi connectivity index (χ3n) is 3.91. The molecule has 0 aromatic carbocycles. The molecular formula is C13H24N6. The van der Waals surface area contributed by atoms with E-state index in [1.807, 2.05) is 11.7 Å². The van der Waals surface area contributed by atoms with Crippen LogP contribution < -0.4 is 5.73 Å². The molecule has 2 aromatic heterocycles. The number of aryl methyl sites for hydroxylation is 2. The van der Waals surface area contributed by atoms with E-state index in [2.05, 4.69) is 54.4 Å². The van der Waals surface area contributed by atoms with Gasteiger partial charge in [0.1, 0.15) is 5.52 Å². The average molecular weight is 264 g/mol. The monoisotopic (exact) mass is 264 g/mol. The Hall–Kier alpha value is -1.56. The lowest BCUT2D eigenvalue weighted by Crippen LogP contribution is -2.42. The molecule has 0 aliphatic carbocycles. The number of rotatable bonds is 4. The molecule has 6 nitrogen and oxygen atoms in total. The number of nitrogens with two attached hydrogens (primary N) is 1. The summed E-state index contributed by atoms with van der Waals surface area (Å²) in [5, 5.41) is 4.51. The fourth-order valence-electron chi connectivity index (χ4n) is 2.18. The van der Waals surface area contributed by atoms with E-state index in [0.717, 1.165) is 29.8 Å². The minimum absolute atomic E-state index is 0.00159. The van der Waals surface area contributed by atoms with E-state index in [0.29, 0.717) is 5.95 Å². The van der Waals surface area contributed by atoms with Crippen molar-refractivity contribution in [2.24, 2.45) is 7.05 Å². The second kappa shape index (κ2) is 4.52. The summed E-state index contributed by atoms with van der Waals surface area (Å²) in [4.78, 5) is 6.68. The molecule has 0 spiro atoms. The number of hydrogen-bond acceptors (Lipinski definition) is 4. The molecule has 0 unspecified atom stereocenters. The predicted octanol–water partition coefficient (Wildman–Crippen LogP) is 1.25. The molecule has 0 radical (unpaired) electrons. The molecule has 19 heavy (non-hydrogen) atoms. The van der Waals surface area contributed by atoms with Crippen LogP contribution >= 0.6 is 0 Å². The lowest BCUT2D eigenvalue weighted by molar-refractivity contribution is 0.171. The molecule has 106 valence electrons. The van der Waals surface area contributed by atoms with Gasteiger partial charge in [0.15, 0.2) is 5.65 Å². The summed E-state index contributed by atoms with van der Waals surface area (Å²) in [6.07, 6.45) is 0.866. The fourth-order valence-corrected chi connectivity index (χ4v) is 2.18. The van der Waals surface area contributed by atoms with Crippen molar-refractivity contribution in [1.82, 2.24) is 24.2 Å². The highest BCUT2D eigenvalue weighted by atomic mass is 15.4. The highest BCUT2D eigenvalue weighted by Crippen LogP contribution is 2.24. The highest BCUT2D eigenvalue weighted by Gasteiger charge is 2.25. The summed E-state index contributed by atoms with van der Waals surface area (Å²) in [7, 11) is 6.10. The Bertz CT molecular complexity index is 590. The molecule has 6 heteroatoms. The van der Waals surface area contributed by atoms with Gasteiger partial charge in [-0.05, 0) is 34.4 Å². The van der Waals surface area contributed by atoms with Crippen molar-refractivity contribution in [2.75, 3.05) is 19.8 Å². The van der Waals surface area contributed by atoms with Crippen molar-refractivity contribution in [3.63, 3.8) is 0 Å². The maximum atomic E-state index is 6.09. The second-order valence-corrected chi connectivity index (χ2v) is 5.86. The second-order valence-electron chi connectivity index (χ2n) is 5.86. The number of nitrogens with zero attached hydrogens (tertiary/aromatic N) is 5. The Kier molecular flexibility index (Phi) is 3.30. The number of aromatic nitrogens is 4. The molecule has 2 heterocycles. The van der Waals surface area contributed by atoms with Crippen molar-refractivity contribution in [3.8, 4) is 0 Å². The standard InChI is InChI=1S/C13H24N6/c1-7-9-10-11(18(6)16-9)19(12(14)15-10)8-13(2,3)17(4)5/h7-8H2,1-6H3,(H2,14,15). The van der Waals surface area contributed by atoms with Crippen LogP contribution in [0.5, 0.6) is 0 Å². The Morgan fingerprint density at radius 3 is 2.47 bits per heavy atom. The first-order chi connectivity index (χ1) is 8.77. The number of nitrogen functional groups attached to an aromatic ring is 1. The van der Waals surface area contributed by atoms with Crippen molar-refractivity contribution in [1.29, 1.82) is 0 Å². The zero-order valence-corrected chi connectivity index (χ0v) is 12.7. The van der Waals surface area contributed by atoms with Crippen LogP contribution in [0.2, 0.25) is 0 Å². The Labute approximate surface area is 114 Å². The molecular weight excluding hydrogens is 240 g/mol. The Morgan fingerprint density at radius 1 is 1.32 bits per heavy atom. The van der Waals surface area contributed by atoms with Gasteiger partial charge in [-0.1, -0.05) is 6.92 Å². The van der Waals surface area contributed by atoms with Gasteiger partial charge in [0.2, 0.25) is 5.95 Å². The van der Waals surface area contributed by atoms with Crippen LogP contribution in [0.25, 0.3) is 11.2 Å². The first-order valence-electron chi connectivity index (χ1n) is 6.63. The average Bonchev–Trinajstić information content (AvgIpc) is 2.78. The molecule has 0 aliphatic heterocycles. The van der Waals surface area contributed by atoms with Gasteiger partial charge in [-0.3, -0.25) is 9.25 Å². The van der Waals surface area contributed by atoms with Crippen molar-refractivity contribution >= 4 is 17.1 Å². The van der Waals surface area contributed by atoms with E-state index in [9.17, 15) is 0 Å². The summed E-state index contributed by atoms with van der Waals surface area (Å²) in [5.41, 5.74) is 9.03. The van der Waals surface area contributed by atoms with E-state index in [1.165, 1.54) is 0 Å². The zero-order chi connectivity index (χ0) is 14.4. The molecule has 2 aromatic rings. The molecule has 0 aliphatic rings. The van der Waals surface area contributed by atoms with E-state index in [-0.39, 0.29) is 5.54 Å². The van der Waals surface area contributed by atoms with Crippen molar-refractivity contribution in [2.45, 2.75) is 39.3 Å². The molecule has 2 rings (SSSR count). The van der Waals surface area contributed by atoms with Gasteiger partial charge in [-0.2, -0.15) is 5.10 Å². The van der Waals surface area contributed by atoms with Crippen LogP contribution in [0.1, 0.15) is 26.5 Å². The minimum Gasteiger partial charge on any atom is -0.369 e. The summed E-state index contributed by atoms with van der Waals surface area (Å²) in [6.45, 7) is 7.25. The number of likely N-dealkylation sites (N-methyl/N-ethyl adjacent to an activating group) is 1. The van der Waals surface area contributed by atoms with Gasteiger partial charge in [0, 0.05) is 19.1 Å². The van der Waals surface area contributed by atoms with E-state index in [1.54, 1.807) is 0 Å². The smallest absolute Gasteiger partial charge is 0.202 e. The van der Waals surface area contributed by atoms with Crippen LogP contribution in [-0.4, -0.2) is 43.9 Å². The predicted molar refractivity (Wildman–Crippen MR) is 78.1 cm³/mol. The summed E-state index contributed by atoms with van der Waals surface area (Å²) < 4.78 is 3.94. The molecule has 0 amide bonds. The minimum atomic E-state index is -0.00159. The number of fused-ring (bicyclic) bond motifs is 1. The maximum absolute atomic E-state index is 6.09. The molecule has 2 N–H and O–H groups in total. The molecule has 0 saturated heterocycles. The molecule has 0 fully saturated rings. The third-order valence-corrected chi connectivity index (χ3v) is 3.91. The van der Waals surface area contributed by atoms with Gasteiger partial charge in [-0.25, -0.2) is 4.98 Å². The lowest BCUT2D eigenvalue weighted by atomic mass is 10.0. The fraction of sp³-hybridized carbons (Fsp3) is 0.692. The van der Waals surface area contributed by atoms with E-state index < -0.39 is 0 Å². The first-order valence-corrected chi connectivity index (χ1v) is 6.63. The van der Waals surface area contributed by atoms with Crippen LogP contribution in [-0.2, 0) is 20.0 Å². The van der Waals surface area contributed by atoms with E-state index >= 15 is 0 Å². The normalized spacial score (nSPS) is 12.8. The quantitative estimate of drug-likeness (QED) is 0.902. The van der Waals surface area contributed by atoms with Gasteiger partial charge < -0.3 is 10.6 Å². The first kappa shape index (κ1) is 13.9. The number of hydrogen-bond donors (Lipinski definition) is 1. The van der Waals surface area contributed by atoms with Crippen LogP contribution in [0.4, 0.5) is 5.95 Å². The number of anilines is 1. The topological polar surface area (TPSA) is 64.9 Å². The largest absolute Gasteiger partial charge is 0.369 e. The van der Waals surface area contributed by atoms with Gasteiger partial charge in [0.05, 0.1) is 5.69 Å². The Morgan fingerprint density at radius 2 is 1.95 bits per heavy atom. The lowest BCUT2D eigenvalue weighted by Gasteiger charge is -2.33. The van der Waals surface area contributed by atoms with Gasteiger partial charge >= 0.3 is 0 Å². The van der Waals surface area contributed by atoms with Crippen LogP contribution in [0.3, 0.4) is 0 Å². The molecule has 0 bridgehead atoms. The third kappa shape index (κ3) is 2.20. The SMILES string of the molecule is CCc1nn(C)c2c1nc(N)n2CC(C)(C)N(C)C. The maximum Gasteiger partial charge on any atom is 0.202 e. The summed E-state index contributed by atoms with van der Waals surface area (Å²) in [6, 6.07) is 0. The van der Waals surface area contributed by atoms with Crippen LogP contribution in [0, 0.1) is 0 Å². The molecule has 0 atom stereocenters. The molecule has 0 saturated carbocycles. The summed E-state index contributed by atoms with van der Waals surface area (Å²) >= 11 is 0. The highest BCUT2D eigenvalue weighted by molar-refractivity contribution is 5.77. The zero-order valence-electron chi connectivity index (χ0n) is 12.7. The van der Waals surface area contributed by atoms with Crippen LogP contribution in [0.15, 0.2) is 0 Å². The van der Waals surface area contributed by atoms with Crippen molar-refractivity contribution in [3.05, 3.63) is 5.69 Å². The van der Waals surface area contributed by atoms with Crippen molar-refractivity contribution < 1.29 is 0 Å². The van der Waals surface area contributed by atoms with Gasteiger partial charge in [0.25, 0.3) is 0 Å². The van der Waals surface area contributed by atoms with E-state index in [4.69, 9.17) is 5.73 Å². The number of imidazole rings is 1. The Balaban J connectivity index is 2.55. The van der Waals surface area contributed by atoms with Gasteiger partial charge in [-0.15, -0.1) is 0 Å². The summed E-state index contributed by atoms with van der Waals surface area (Å²) in [5.74, 6) is 0.563.